The number of nitrogens with one attached hydrogen (secondary N) is 1. The topological polar surface area (TPSA) is 78.4 Å². The molecule has 1 heterocycles. The number of carbonyl (C=O) groups is 1. The molecule has 32 heavy (non-hydrogen) atoms. The van der Waals surface area contributed by atoms with Crippen molar-refractivity contribution in [1.29, 1.82) is 0 Å². The third-order valence-corrected chi connectivity index (χ3v) is 7.57. The molecule has 1 atom stereocenters. The molecule has 0 saturated heterocycles. The van der Waals surface area contributed by atoms with Crippen LogP contribution in [0.2, 0.25) is 0 Å². The Morgan fingerprint density at radius 3 is 2.56 bits per heavy atom. The fraction of sp³-hybridized carbons (Fsp3) is 0.640. The Bertz CT molecular complexity index is 918. The molecule has 2 N–H and O–H groups in total. The zero-order valence-electron chi connectivity index (χ0n) is 19.5. The molecule has 0 spiro atoms. The summed E-state index contributed by atoms with van der Waals surface area (Å²) in [6, 6.07) is 6.98. The smallest absolute Gasteiger partial charge is 0.303 e. The van der Waals surface area contributed by atoms with Crippen LogP contribution in [0.4, 0.5) is 16.5 Å². The van der Waals surface area contributed by atoms with Gasteiger partial charge in [0, 0.05) is 18.5 Å². The normalized spacial score (nSPS) is 18.0. The van der Waals surface area contributed by atoms with E-state index in [1.807, 2.05) is 6.92 Å². The van der Waals surface area contributed by atoms with Crippen LogP contribution >= 0.6 is 11.3 Å². The molecule has 2 aliphatic carbocycles. The molecule has 2 saturated carbocycles. The summed E-state index contributed by atoms with van der Waals surface area (Å²) >= 11 is 1.65. The molecule has 0 unspecified atom stereocenters. The minimum atomic E-state index is -0.766. The molecule has 2 aliphatic rings. The fourth-order valence-electron chi connectivity index (χ4n) is 4.72. The van der Waals surface area contributed by atoms with E-state index < -0.39 is 5.97 Å². The highest BCUT2D eigenvalue weighted by molar-refractivity contribution is 7.15. The molecule has 6 nitrogen and oxygen atoms in total. The average Bonchev–Trinajstić information content (AvgIpc) is 3.51. The molecule has 1 aromatic carbocycles. The highest BCUT2D eigenvalue weighted by Crippen LogP contribution is 2.43. The van der Waals surface area contributed by atoms with Gasteiger partial charge in [0.1, 0.15) is 5.01 Å². The fourth-order valence-corrected chi connectivity index (χ4v) is 5.64. The van der Waals surface area contributed by atoms with E-state index in [-0.39, 0.29) is 12.3 Å². The molecule has 4 rings (SSSR count). The number of aliphatic carboxylic acids is 1. The van der Waals surface area contributed by atoms with Crippen LogP contribution in [-0.4, -0.2) is 33.9 Å². The lowest BCUT2D eigenvalue weighted by atomic mass is 9.92. The summed E-state index contributed by atoms with van der Waals surface area (Å²) in [6.07, 6.45) is 8.92. The number of benzene rings is 1. The zero-order chi connectivity index (χ0) is 22.7. The summed E-state index contributed by atoms with van der Waals surface area (Å²) < 4.78 is 0. The Morgan fingerprint density at radius 2 is 1.91 bits per heavy atom. The minimum Gasteiger partial charge on any atom is -0.481 e. The van der Waals surface area contributed by atoms with Crippen LogP contribution in [0.15, 0.2) is 18.2 Å². The second-order valence-electron chi connectivity index (χ2n) is 9.96. The predicted octanol–water partition coefficient (Wildman–Crippen LogP) is 6.53. The lowest BCUT2D eigenvalue weighted by Gasteiger charge is -2.38. The Morgan fingerprint density at radius 1 is 1.16 bits per heavy atom. The third-order valence-electron chi connectivity index (χ3n) is 6.57. The molecule has 0 radical (unpaired) electrons. The maximum absolute atomic E-state index is 11.3. The van der Waals surface area contributed by atoms with E-state index in [9.17, 15) is 9.90 Å². The first-order valence-electron chi connectivity index (χ1n) is 12.1. The lowest BCUT2D eigenvalue weighted by Crippen LogP contribution is -2.39. The Kier molecular flexibility index (Phi) is 7.33. The minimum absolute atomic E-state index is 0.0493. The number of carboxylic acid groups (broad SMARTS) is 1. The summed E-state index contributed by atoms with van der Waals surface area (Å²) in [5, 5.41) is 23.6. The number of hydrogen-bond donors (Lipinski definition) is 2. The Hall–Kier alpha value is -2.15. The van der Waals surface area contributed by atoms with Crippen molar-refractivity contribution < 1.29 is 9.90 Å². The zero-order valence-corrected chi connectivity index (χ0v) is 20.3. The van der Waals surface area contributed by atoms with Crippen molar-refractivity contribution in [2.45, 2.75) is 90.0 Å². The quantitative estimate of drug-likeness (QED) is 0.423. The van der Waals surface area contributed by atoms with E-state index in [4.69, 9.17) is 0 Å². The van der Waals surface area contributed by atoms with Crippen molar-refractivity contribution in [3.8, 4) is 0 Å². The number of anilines is 3. The van der Waals surface area contributed by atoms with Gasteiger partial charge in [-0.3, -0.25) is 4.79 Å². The van der Waals surface area contributed by atoms with Crippen molar-refractivity contribution in [3.05, 3.63) is 28.8 Å². The van der Waals surface area contributed by atoms with Gasteiger partial charge in [0.05, 0.1) is 17.8 Å². The second kappa shape index (κ2) is 10.2. The lowest BCUT2D eigenvalue weighted by molar-refractivity contribution is -0.137. The highest BCUT2D eigenvalue weighted by atomic mass is 32.1. The van der Waals surface area contributed by atoms with E-state index in [0.29, 0.717) is 17.9 Å². The molecular formula is C25H36N4O2S. The van der Waals surface area contributed by atoms with Gasteiger partial charge in [0.15, 0.2) is 0 Å². The predicted molar refractivity (Wildman–Crippen MR) is 131 cm³/mol. The van der Waals surface area contributed by atoms with Gasteiger partial charge in [-0.05, 0) is 55.2 Å². The van der Waals surface area contributed by atoms with Gasteiger partial charge in [-0.15, -0.1) is 10.2 Å². The Balaban J connectivity index is 1.68. The average molecular weight is 457 g/mol. The number of carboxylic acids is 1. The first-order valence-corrected chi connectivity index (χ1v) is 12.9. The van der Waals surface area contributed by atoms with Crippen molar-refractivity contribution in [2.24, 2.45) is 5.92 Å². The largest absolute Gasteiger partial charge is 0.481 e. The molecule has 174 valence electrons. The molecule has 2 aromatic rings. The maximum atomic E-state index is 11.3. The van der Waals surface area contributed by atoms with Gasteiger partial charge in [0.2, 0.25) is 5.13 Å². The van der Waals surface area contributed by atoms with Gasteiger partial charge in [0.25, 0.3) is 0 Å². The second-order valence-corrected chi connectivity index (χ2v) is 11.0. The van der Waals surface area contributed by atoms with Gasteiger partial charge >= 0.3 is 5.97 Å². The molecule has 1 aromatic heterocycles. The van der Waals surface area contributed by atoms with Crippen LogP contribution in [0.3, 0.4) is 0 Å². The van der Waals surface area contributed by atoms with Crippen LogP contribution in [0, 0.1) is 5.92 Å². The van der Waals surface area contributed by atoms with Crippen molar-refractivity contribution in [2.75, 3.05) is 16.8 Å². The SMILES string of the molecule is CC(C)CN(c1ccc([C@H](C)CC(=O)O)cc1Nc1nnc(C2CC2)s1)C1CCCCC1. The van der Waals surface area contributed by atoms with Crippen LogP contribution in [0.1, 0.15) is 94.5 Å². The summed E-state index contributed by atoms with van der Waals surface area (Å²) in [6.45, 7) is 7.54. The molecule has 0 amide bonds. The standard InChI is InChI=1S/C25H36N4O2S/c1-16(2)15-29(20-7-5-4-6-8-20)22-12-11-19(17(3)13-23(30)31)14-21(22)26-25-28-27-24(32-25)18-9-10-18/h11-12,14,16-18,20H,4-10,13,15H2,1-3H3,(H,26,28)(H,30,31)/t17-/m1/s1. The van der Waals surface area contributed by atoms with Crippen molar-refractivity contribution >= 4 is 33.8 Å². The first kappa shape index (κ1) is 23.0. The van der Waals surface area contributed by atoms with Crippen LogP contribution < -0.4 is 10.2 Å². The van der Waals surface area contributed by atoms with E-state index in [1.165, 1.54) is 50.6 Å². The van der Waals surface area contributed by atoms with E-state index in [1.54, 1.807) is 11.3 Å². The number of rotatable bonds is 10. The number of nitrogens with zero attached hydrogens (tertiary/aromatic N) is 3. The number of hydrogen-bond acceptors (Lipinski definition) is 6. The maximum Gasteiger partial charge on any atom is 0.303 e. The summed E-state index contributed by atoms with van der Waals surface area (Å²) in [7, 11) is 0. The molecule has 0 bridgehead atoms. The number of aromatic nitrogens is 2. The van der Waals surface area contributed by atoms with Crippen LogP contribution in [0.25, 0.3) is 0 Å². The van der Waals surface area contributed by atoms with E-state index in [2.05, 4.69) is 52.5 Å². The van der Waals surface area contributed by atoms with Gasteiger partial charge in [-0.2, -0.15) is 0 Å². The van der Waals surface area contributed by atoms with Crippen molar-refractivity contribution in [1.82, 2.24) is 10.2 Å². The Labute approximate surface area is 195 Å². The summed E-state index contributed by atoms with van der Waals surface area (Å²) in [5.41, 5.74) is 3.25. The van der Waals surface area contributed by atoms with Crippen LogP contribution in [0.5, 0.6) is 0 Å². The monoisotopic (exact) mass is 456 g/mol. The summed E-state index contributed by atoms with van der Waals surface area (Å²) in [5.74, 6) is 0.326. The van der Waals surface area contributed by atoms with E-state index in [0.717, 1.165) is 27.9 Å². The molecule has 2 fully saturated rings. The van der Waals surface area contributed by atoms with Gasteiger partial charge in [-0.25, -0.2) is 0 Å². The van der Waals surface area contributed by atoms with Gasteiger partial charge < -0.3 is 15.3 Å². The molecule has 7 heteroatoms. The molecular weight excluding hydrogens is 420 g/mol. The molecule has 0 aliphatic heterocycles. The highest BCUT2D eigenvalue weighted by Gasteiger charge is 2.28. The first-order chi connectivity index (χ1) is 15.4. The van der Waals surface area contributed by atoms with Crippen LogP contribution in [-0.2, 0) is 4.79 Å². The third kappa shape index (κ3) is 5.80. The summed E-state index contributed by atoms with van der Waals surface area (Å²) in [4.78, 5) is 13.9. The van der Waals surface area contributed by atoms with Crippen molar-refractivity contribution in [3.63, 3.8) is 0 Å². The van der Waals surface area contributed by atoms with E-state index >= 15 is 0 Å². The van der Waals surface area contributed by atoms with Gasteiger partial charge in [-0.1, -0.05) is 57.4 Å².